The van der Waals surface area contributed by atoms with E-state index in [1.807, 2.05) is 0 Å². The number of hydrogen-bond donors (Lipinski definition) is 3. The summed E-state index contributed by atoms with van der Waals surface area (Å²) in [5.74, 6) is -1.26. The van der Waals surface area contributed by atoms with Crippen LogP contribution >= 0.6 is 0 Å². The molecule has 0 heterocycles. The zero-order valence-corrected chi connectivity index (χ0v) is 9.65. The molecule has 4 nitrogen and oxygen atoms in total. The van der Waals surface area contributed by atoms with E-state index in [0.29, 0.717) is 12.6 Å². The molecule has 2 rings (SSSR count). The number of nitrogens with one attached hydrogen (secondary N) is 1. The van der Waals surface area contributed by atoms with Crippen LogP contribution in [0.1, 0.15) is 41.6 Å². The molecule has 0 aliphatic heterocycles. The van der Waals surface area contributed by atoms with Crippen molar-refractivity contribution in [2.45, 2.75) is 38.3 Å². The van der Waals surface area contributed by atoms with Gasteiger partial charge in [0, 0.05) is 12.6 Å². The van der Waals surface area contributed by atoms with Gasteiger partial charge in [-0.25, -0.2) is 4.79 Å². The molecule has 0 bridgehead atoms. The van der Waals surface area contributed by atoms with Crippen molar-refractivity contribution in [3.63, 3.8) is 0 Å². The molecule has 1 saturated carbocycles. The predicted molar refractivity (Wildman–Crippen MR) is 64.2 cm³/mol. The van der Waals surface area contributed by atoms with E-state index in [1.165, 1.54) is 37.8 Å². The molecule has 1 aromatic carbocycles. The summed E-state index contributed by atoms with van der Waals surface area (Å²) in [6, 6.07) is 5.27. The number of carboxylic acid groups (broad SMARTS) is 1. The van der Waals surface area contributed by atoms with E-state index in [0.717, 1.165) is 5.56 Å². The van der Waals surface area contributed by atoms with Gasteiger partial charge in [0.2, 0.25) is 0 Å². The van der Waals surface area contributed by atoms with Crippen LogP contribution in [0.15, 0.2) is 18.2 Å². The van der Waals surface area contributed by atoms with Crippen molar-refractivity contribution in [2.75, 3.05) is 0 Å². The Labute approximate surface area is 100 Å². The molecule has 3 N–H and O–H groups in total. The van der Waals surface area contributed by atoms with E-state index in [1.54, 1.807) is 6.07 Å². The molecule has 17 heavy (non-hydrogen) atoms. The molecular formula is C13H17NO3. The summed E-state index contributed by atoms with van der Waals surface area (Å²) in [7, 11) is 0. The van der Waals surface area contributed by atoms with E-state index < -0.39 is 5.97 Å². The molecule has 1 aliphatic rings. The van der Waals surface area contributed by atoms with E-state index in [-0.39, 0.29) is 11.3 Å². The summed E-state index contributed by atoms with van der Waals surface area (Å²) in [5, 5.41) is 21.7. The van der Waals surface area contributed by atoms with Crippen molar-refractivity contribution in [2.24, 2.45) is 0 Å². The Morgan fingerprint density at radius 2 is 2.06 bits per heavy atom. The van der Waals surface area contributed by atoms with Crippen LogP contribution < -0.4 is 5.32 Å². The van der Waals surface area contributed by atoms with Crippen LogP contribution in [-0.2, 0) is 6.54 Å². The predicted octanol–water partition coefficient (Wildman–Crippen LogP) is 2.12. The summed E-state index contributed by atoms with van der Waals surface area (Å²) < 4.78 is 0. The summed E-state index contributed by atoms with van der Waals surface area (Å²) in [5.41, 5.74) is 0.869. The van der Waals surface area contributed by atoms with Gasteiger partial charge < -0.3 is 15.5 Å². The summed E-state index contributed by atoms with van der Waals surface area (Å²) in [4.78, 5) is 10.7. The maximum Gasteiger partial charge on any atom is 0.339 e. The minimum absolute atomic E-state index is 0.0467. The minimum atomic E-state index is -1.10. The second-order valence-corrected chi connectivity index (χ2v) is 4.52. The first kappa shape index (κ1) is 11.9. The van der Waals surface area contributed by atoms with Gasteiger partial charge in [-0.1, -0.05) is 18.9 Å². The molecule has 1 fully saturated rings. The summed E-state index contributed by atoms with van der Waals surface area (Å²) in [6.07, 6.45) is 4.97. The first-order valence-electron chi connectivity index (χ1n) is 5.95. The van der Waals surface area contributed by atoms with Crippen LogP contribution in [0.2, 0.25) is 0 Å². The normalized spacial score (nSPS) is 16.2. The molecule has 1 aromatic rings. The van der Waals surface area contributed by atoms with Gasteiger partial charge in [-0.2, -0.15) is 0 Å². The lowest BCUT2D eigenvalue weighted by Gasteiger charge is -2.12. The van der Waals surface area contributed by atoms with Crippen molar-refractivity contribution in [1.29, 1.82) is 0 Å². The second kappa shape index (κ2) is 5.19. The maximum atomic E-state index is 10.7. The summed E-state index contributed by atoms with van der Waals surface area (Å²) in [6.45, 7) is 0.679. The largest absolute Gasteiger partial charge is 0.507 e. The zero-order valence-electron chi connectivity index (χ0n) is 9.65. The van der Waals surface area contributed by atoms with Crippen molar-refractivity contribution in [3.8, 4) is 5.75 Å². The number of hydrogen-bond acceptors (Lipinski definition) is 3. The van der Waals surface area contributed by atoms with E-state index in [2.05, 4.69) is 5.32 Å². The lowest BCUT2D eigenvalue weighted by molar-refractivity contribution is 0.0693. The van der Waals surface area contributed by atoms with Crippen LogP contribution in [0, 0.1) is 0 Å². The van der Waals surface area contributed by atoms with Crippen LogP contribution in [0.3, 0.4) is 0 Å². The Morgan fingerprint density at radius 3 is 2.65 bits per heavy atom. The average molecular weight is 235 g/mol. The molecule has 0 saturated heterocycles. The smallest absolute Gasteiger partial charge is 0.339 e. The molecule has 92 valence electrons. The van der Waals surface area contributed by atoms with E-state index in [9.17, 15) is 9.90 Å². The van der Waals surface area contributed by atoms with E-state index >= 15 is 0 Å². The van der Waals surface area contributed by atoms with Crippen molar-refractivity contribution in [3.05, 3.63) is 29.3 Å². The van der Waals surface area contributed by atoms with Crippen LogP contribution in [0.25, 0.3) is 0 Å². The number of benzene rings is 1. The highest BCUT2D eigenvalue weighted by Gasteiger charge is 2.14. The first-order chi connectivity index (χ1) is 8.16. The van der Waals surface area contributed by atoms with Gasteiger partial charge in [0.15, 0.2) is 0 Å². The third kappa shape index (κ3) is 2.97. The highest BCUT2D eigenvalue weighted by molar-refractivity contribution is 5.90. The van der Waals surface area contributed by atoms with Crippen molar-refractivity contribution in [1.82, 2.24) is 5.32 Å². The Bertz CT molecular complexity index is 411. The van der Waals surface area contributed by atoms with Gasteiger partial charge >= 0.3 is 5.97 Å². The SMILES string of the molecule is O=C(O)c1ccc(CNC2CCCC2)cc1O. The second-order valence-electron chi connectivity index (χ2n) is 4.52. The quantitative estimate of drug-likeness (QED) is 0.747. The molecule has 0 atom stereocenters. The van der Waals surface area contributed by atoms with Gasteiger partial charge in [0.1, 0.15) is 11.3 Å². The topological polar surface area (TPSA) is 69.6 Å². The Balaban J connectivity index is 1.97. The summed E-state index contributed by atoms with van der Waals surface area (Å²) >= 11 is 0. The van der Waals surface area contributed by atoms with Crippen LogP contribution in [0.4, 0.5) is 0 Å². The average Bonchev–Trinajstić information content (AvgIpc) is 2.78. The Morgan fingerprint density at radius 1 is 1.35 bits per heavy atom. The fourth-order valence-corrected chi connectivity index (χ4v) is 2.26. The number of carboxylic acids is 1. The maximum absolute atomic E-state index is 10.7. The lowest BCUT2D eigenvalue weighted by atomic mass is 10.1. The molecule has 0 amide bonds. The molecule has 4 heteroatoms. The highest BCUT2D eigenvalue weighted by atomic mass is 16.4. The minimum Gasteiger partial charge on any atom is -0.507 e. The third-order valence-electron chi connectivity index (χ3n) is 3.24. The molecule has 0 spiro atoms. The molecular weight excluding hydrogens is 218 g/mol. The van der Waals surface area contributed by atoms with Crippen molar-refractivity contribution >= 4 is 5.97 Å². The molecule has 1 aliphatic carbocycles. The molecule has 0 unspecified atom stereocenters. The number of rotatable bonds is 4. The fraction of sp³-hybridized carbons (Fsp3) is 0.462. The highest BCUT2D eigenvalue weighted by Crippen LogP contribution is 2.21. The Hall–Kier alpha value is -1.55. The number of aromatic carboxylic acids is 1. The van der Waals surface area contributed by atoms with Gasteiger partial charge in [-0.3, -0.25) is 0 Å². The Kier molecular flexibility index (Phi) is 3.64. The van der Waals surface area contributed by atoms with Crippen LogP contribution in [0.5, 0.6) is 5.75 Å². The van der Waals surface area contributed by atoms with Crippen molar-refractivity contribution < 1.29 is 15.0 Å². The number of aromatic hydroxyl groups is 1. The van der Waals surface area contributed by atoms with Gasteiger partial charge in [0.05, 0.1) is 0 Å². The first-order valence-corrected chi connectivity index (χ1v) is 5.95. The standard InChI is InChI=1S/C13H17NO3/c15-12-7-9(5-6-11(12)13(16)17)8-14-10-3-1-2-4-10/h5-7,10,14-15H,1-4,8H2,(H,16,17). The van der Waals surface area contributed by atoms with Gasteiger partial charge in [0.25, 0.3) is 0 Å². The van der Waals surface area contributed by atoms with Crippen LogP contribution in [-0.4, -0.2) is 22.2 Å². The molecule has 0 radical (unpaired) electrons. The molecule has 0 aromatic heterocycles. The number of carbonyl (C=O) groups is 1. The number of phenols is 1. The fourth-order valence-electron chi connectivity index (χ4n) is 2.26. The lowest BCUT2D eigenvalue weighted by Crippen LogP contribution is -2.25. The van der Waals surface area contributed by atoms with Gasteiger partial charge in [-0.15, -0.1) is 0 Å². The van der Waals surface area contributed by atoms with E-state index in [4.69, 9.17) is 5.11 Å². The zero-order chi connectivity index (χ0) is 12.3. The third-order valence-corrected chi connectivity index (χ3v) is 3.24. The monoisotopic (exact) mass is 235 g/mol. The van der Waals surface area contributed by atoms with Gasteiger partial charge in [-0.05, 0) is 30.5 Å².